The fourth-order valence-electron chi connectivity index (χ4n) is 2.85. The molecule has 0 aliphatic carbocycles. The van der Waals surface area contributed by atoms with Crippen LogP contribution in [0.1, 0.15) is 12.0 Å². The highest BCUT2D eigenvalue weighted by atomic mass is 16.5. The number of anilines is 1. The molecule has 1 heterocycles. The van der Waals surface area contributed by atoms with Crippen molar-refractivity contribution >= 4 is 28.4 Å². The molecule has 6 nitrogen and oxygen atoms in total. The number of ether oxygens (including phenoxy) is 1. The number of aryl methyl sites for hydroxylation is 1. The first kappa shape index (κ1) is 17.5. The molecule has 0 spiro atoms. The van der Waals surface area contributed by atoms with Crippen LogP contribution >= 0.6 is 0 Å². The number of carbonyl (C=O) groups is 2. The van der Waals surface area contributed by atoms with Crippen molar-refractivity contribution in [2.75, 3.05) is 11.9 Å². The summed E-state index contributed by atoms with van der Waals surface area (Å²) in [5, 5.41) is 3.97. The number of primary amides is 1. The van der Waals surface area contributed by atoms with E-state index in [0.29, 0.717) is 17.9 Å². The normalized spacial score (nSPS) is 10.7. The van der Waals surface area contributed by atoms with Crippen LogP contribution in [0.5, 0.6) is 5.75 Å². The Labute approximate surface area is 151 Å². The summed E-state index contributed by atoms with van der Waals surface area (Å²) >= 11 is 0. The number of nitrogens with one attached hydrogen (secondary N) is 1. The van der Waals surface area contributed by atoms with Crippen molar-refractivity contribution in [1.29, 1.82) is 0 Å². The molecule has 3 rings (SSSR count). The van der Waals surface area contributed by atoms with Crippen molar-refractivity contribution in [3.05, 3.63) is 60.3 Å². The monoisotopic (exact) mass is 351 g/mol. The minimum absolute atomic E-state index is 0.0799. The van der Waals surface area contributed by atoms with Crippen molar-refractivity contribution in [2.24, 2.45) is 12.8 Å². The second-order valence-electron chi connectivity index (χ2n) is 6.10. The number of benzene rings is 2. The summed E-state index contributed by atoms with van der Waals surface area (Å²) in [5.74, 6) is 0.143. The molecule has 0 radical (unpaired) electrons. The summed E-state index contributed by atoms with van der Waals surface area (Å²) in [5.41, 5.74) is 7.86. The van der Waals surface area contributed by atoms with Crippen LogP contribution in [0, 0.1) is 0 Å². The largest absolute Gasteiger partial charge is 0.493 e. The summed E-state index contributed by atoms with van der Waals surface area (Å²) in [7, 11) is 1.97. The van der Waals surface area contributed by atoms with Gasteiger partial charge in [-0.3, -0.25) is 9.59 Å². The van der Waals surface area contributed by atoms with Crippen molar-refractivity contribution in [3.8, 4) is 5.75 Å². The van der Waals surface area contributed by atoms with E-state index >= 15 is 0 Å². The molecule has 1 aromatic heterocycles. The molecule has 134 valence electrons. The molecule has 0 saturated heterocycles. The number of nitrogens with two attached hydrogens (primary N) is 1. The zero-order valence-electron chi connectivity index (χ0n) is 14.6. The lowest BCUT2D eigenvalue weighted by Crippen LogP contribution is -2.15. The van der Waals surface area contributed by atoms with Crippen LogP contribution in [0.15, 0.2) is 54.7 Å². The summed E-state index contributed by atoms with van der Waals surface area (Å²) in [6, 6.07) is 15.0. The molecule has 0 bridgehead atoms. The molecule has 3 N–H and O–H groups in total. The lowest BCUT2D eigenvalue weighted by molar-refractivity contribution is -0.118. The second-order valence-corrected chi connectivity index (χ2v) is 6.10. The number of hydrogen-bond acceptors (Lipinski definition) is 3. The zero-order valence-corrected chi connectivity index (χ0v) is 14.6. The highest BCUT2D eigenvalue weighted by molar-refractivity contribution is 5.96. The van der Waals surface area contributed by atoms with Gasteiger partial charge in [-0.2, -0.15) is 0 Å². The first-order valence-corrected chi connectivity index (χ1v) is 8.37. The van der Waals surface area contributed by atoms with E-state index in [0.717, 1.165) is 16.5 Å². The van der Waals surface area contributed by atoms with Gasteiger partial charge in [0.1, 0.15) is 5.75 Å². The standard InChI is InChI=1S/C20H21N3O3/c1-23-13-14(17-4-2-3-5-18(17)23)12-20(25)22-15-6-8-16(9-7-15)26-11-10-19(21)24/h2-9,13H,10-12H2,1H3,(H2,21,24)(H,22,25). The first-order chi connectivity index (χ1) is 12.5. The van der Waals surface area contributed by atoms with E-state index in [4.69, 9.17) is 10.5 Å². The van der Waals surface area contributed by atoms with Gasteiger partial charge >= 0.3 is 0 Å². The van der Waals surface area contributed by atoms with Gasteiger partial charge in [0.05, 0.1) is 19.4 Å². The van der Waals surface area contributed by atoms with Crippen molar-refractivity contribution in [3.63, 3.8) is 0 Å². The summed E-state index contributed by atoms with van der Waals surface area (Å²) < 4.78 is 7.43. The van der Waals surface area contributed by atoms with Gasteiger partial charge < -0.3 is 20.4 Å². The Bertz CT molecular complexity index is 929. The van der Waals surface area contributed by atoms with Crippen LogP contribution in [0.3, 0.4) is 0 Å². The Balaban J connectivity index is 1.60. The molecule has 0 fully saturated rings. The van der Waals surface area contributed by atoms with Gasteiger partial charge in [0.15, 0.2) is 0 Å². The van der Waals surface area contributed by atoms with Gasteiger partial charge in [0.25, 0.3) is 0 Å². The van der Waals surface area contributed by atoms with Crippen molar-refractivity contribution in [1.82, 2.24) is 4.57 Å². The zero-order chi connectivity index (χ0) is 18.5. The van der Waals surface area contributed by atoms with Gasteiger partial charge in [-0.25, -0.2) is 0 Å². The fraction of sp³-hybridized carbons (Fsp3) is 0.200. The van der Waals surface area contributed by atoms with Gasteiger partial charge in [-0.15, -0.1) is 0 Å². The van der Waals surface area contributed by atoms with Crippen LogP contribution in [0.4, 0.5) is 5.69 Å². The van der Waals surface area contributed by atoms with E-state index < -0.39 is 5.91 Å². The third kappa shape index (κ3) is 4.22. The number of aromatic nitrogens is 1. The van der Waals surface area contributed by atoms with Gasteiger partial charge in [-0.05, 0) is 35.9 Å². The average molecular weight is 351 g/mol. The van der Waals surface area contributed by atoms with E-state index in [1.54, 1.807) is 24.3 Å². The molecule has 0 atom stereocenters. The fourth-order valence-corrected chi connectivity index (χ4v) is 2.85. The predicted molar refractivity (Wildman–Crippen MR) is 101 cm³/mol. The number of rotatable bonds is 7. The van der Waals surface area contributed by atoms with Gasteiger partial charge in [0, 0.05) is 29.8 Å². The number of para-hydroxylation sites is 1. The maximum Gasteiger partial charge on any atom is 0.228 e. The molecule has 0 aliphatic rings. The van der Waals surface area contributed by atoms with Crippen LogP contribution in [0.2, 0.25) is 0 Å². The molecule has 6 heteroatoms. The van der Waals surface area contributed by atoms with Gasteiger partial charge in [-0.1, -0.05) is 18.2 Å². The number of amides is 2. The molecular formula is C20H21N3O3. The molecule has 3 aromatic rings. The highest BCUT2D eigenvalue weighted by Gasteiger charge is 2.10. The van der Waals surface area contributed by atoms with Crippen molar-refractivity contribution < 1.29 is 14.3 Å². The third-order valence-electron chi connectivity index (χ3n) is 4.09. The summed E-state index contributed by atoms with van der Waals surface area (Å²) in [6.45, 7) is 0.238. The Hall–Kier alpha value is -3.28. The molecule has 2 aromatic carbocycles. The topological polar surface area (TPSA) is 86.3 Å². The Morgan fingerprint density at radius 2 is 1.85 bits per heavy atom. The van der Waals surface area contributed by atoms with E-state index in [1.165, 1.54) is 0 Å². The third-order valence-corrected chi connectivity index (χ3v) is 4.09. The molecule has 0 unspecified atom stereocenters. The number of nitrogens with zero attached hydrogens (tertiary/aromatic N) is 1. The Morgan fingerprint density at radius 1 is 1.12 bits per heavy atom. The Kier molecular flexibility index (Phi) is 5.22. The smallest absolute Gasteiger partial charge is 0.228 e. The van der Waals surface area contributed by atoms with E-state index in [2.05, 4.69) is 5.32 Å². The van der Waals surface area contributed by atoms with Crippen LogP contribution in [-0.2, 0) is 23.1 Å². The molecule has 2 amide bonds. The van der Waals surface area contributed by atoms with E-state index in [1.807, 2.05) is 42.1 Å². The maximum absolute atomic E-state index is 12.4. The number of carbonyl (C=O) groups excluding carboxylic acids is 2. The molecule has 26 heavy (non-hydrogen) atoms. The van der Waals surface area contributed by atoms with Crippen LogP contribution in [-0.4, -0.2) is 23.0 Å². The molecule has 0 saturated carbocycles. The van der Waals surface area contributed by atoms with Gasteiger partial charge in [0.2, 0.25) is 11.8 Å². The minimum Gasteiger partial charge on any atom is -0.493 e. The minimum atomic E-state index is -0.401. The molecular weight excluding hydrogens is 330 g/mol. The number of hydrogen-bond donors (Lipinski definition) is 2. The average Bonchev–Trinajstić information content (AvgIpc) is 2.92. The summed E-state index contributed by atoms with van der Waals surface area (Å²) in [4.78, 5) is 23.1. The highest BCUT2D eigenvalue weighted by Crippen LogP contribution is 2.21. The quantitative estimate of drug-likeness (QED) is 0.686. The van der Waals surface area contributed by atoms with Crippen LogP contribution < -0.4 is 15.8 Å². The Morgan fingerprint density at radius 3 is 2.58 bits per heavy atom. The first-order valence-electron chi connectivity index (χ1n) is 8.37. The summed E-state index contributed by atoms with van der Waals surface area (Å²) in [6.07, 6.45) is 2.46. The SMILES string of the molecule is Cn1cc(CC(=O)Nc2ccc(OCCC(N)=O)cc2)c2ccccc21. The molecule has 0 aliphatic heterocycles. The second kappa shape index (κ2) is 7.74. The lowest BCUT2D eigenvalue weighted by Gasteiger charge is -2.08. The van der Waals surface area contributed by atoms with E-state index in [9.17, 15) is 9.59 Å². The predicted octanol–water partition coefficient (Wildman–Crippen LogP) is 2.61. The maximum atomic E-state index is 12.4. The van der Waals surface area contributed by atoms with Crippen molar-refractivity contribution in [2.45, 2.75) is 12.8 Å². The lowest BCUT2D eigenvalue weighted by atomic mass is 10.1. The van der Waals surface area contributed by atoms with E-state index in [-0.39, 0.29) is 18.9 Å². The van der Waals surface area contributed by atoms with Crippen LogP contribution in [0.25, 0.3) is 10.9 Å². The number of fused-ring (bicyclic) bond motifs is 1.